The van der Waals surface area contributed by atoms with Crippen LogP contribution in [0.25, 0.3) is 21.9 Å². The Bertz CT molecular complexity index is 1140. The van der Waals surface area contributed by atoms with Crippen molar-refractivity contribution in [3.63, 3.8) is 0 Å². The van der Waals surface area contributed by atoms with E-state index in [4.69, 9.17) is 9.15 Å². The van der Waals surface area contributed by atoms with Crippen LogP contribution in [-0.4, -0.2) is 30.0 Å². The minimum Gasteiger partial charge on any atom is -0.496 e. The summed E-state index contributed by atoms with van der Waals surface area (Å²) in [4.78, 5) is 16.4. The standard InChI is InChI=1S/C21H17N3O3S/c1-26-18-11-10-14-6-2-3-7-15(14)16(18)12-22-24-20(25)13-28-21-23-17-8-4-5-9-19(17)27-21/h2-12H,13H2,1H3,(H,24,25)/b22-12-. The molecule has 0 unspecified atom stereocenters. The van der Waals surface area contributed by atoms with Crippen molar-refractivity contribution in [2.45, 2.75) is 5.22 Å². The van der Waals surface area contributed by atoms with Crippen molar-refractivity contribution in [1.82, 2.24) is 10.4 Å². The van der Waals surface area contributed by atoms with E-state index in [1.165, 1.54) is 11.8 Å². The van der Waals surface area contributed by atoms with Crippen molar-refractivity contribution < 1.29 is 13.9 Å². The number of nitrogens with zero attached hydrogens (tertiary/aromatic N) is 2. The molecule has 4 rings (SSSR count). The number of ether oxygens (including phenoxy) is 1. The molecular formula is C21H17N3O3S. The molecule has 6 nitrogen and oxygen atoms in total. The van der Waals surface area contributed by atoms with E-state index in [0.717, 1.165) is 21.9 Å². The topological polar surface area (TPSA) is 76.7 Å². The molecule has 0 aliphatic carbocycles. The monoisotopic (exact) mass is 391 g/mol. The Morgan fingerprint density at radius 3 is 2.86 bits per heavy atom. The SMILES string of the molecule is COc1ccc2ccccc2c1/C=N\NC(=O)CSc1nc2ccccc2o1. The summed E-state index contributed by atoms with van der Waals surface area (Å²) in [6, 6.07) is 19.3. The zero-order valence-corrected chi connectivity index (χ0v) is 15.9. The van der Waals surface area contributed by atoms with Gasteiger partial charge in [0.2, 0.25) is 0 Å². The largest absolute Gasteiger partial charge is 0.496 e. The van der Waals surface area contributed by atoms with Gasteiger partial charge in [0.05, 0.1) is 19.1 Å². The fourth-order valence-electron chi connectivity index (χ4n) is 2.83. The Hall–Kier alpha value is -3.32. The molecule has 1 amide bonds. The van der Waals surface area contributed by atoms with Gasteiger partial charge in [0, 0.05) is 5.56 Å². The summed E-state index contributed by atoms with van der Waals surface area (Å²) < 4.78 is 11.0. The van der Waals surface area contributed by atoms with Crippen LogP contribution in [0.4, 0.5) is 0 Å². The van der Waals surface area contributed by atoms with Crippen LogP contribution in [-0.2, 0) is 4.79 Å². The normalized spacial score (nSPS) is 11.3. The van der Waals surface area contributed by atoms with Crippen molar-refractivity contribution in [2.24, 2.45) is 5.10 Å². The van der Waals surface area contributed by atoms with Crippen molar-refractivity contribution in [3.05, 3.63) is 66.2 Å². The highest BCUT2D eigenvalue weighted by molar-refractivity contribution is 7.99. The Balaban J connectivity index is 1.42. The molecule has 1 N–H and O–H groups in total. The van der Waals surface area contributed by atoms with Crippen molar-refractivity contribution in [1.29, 1.82) is 0 Å². The van der Waals surface area contributed by atoms with Gasteiger partial charge in [-0.2, -0.15) is 5.10 Å². The predicted molar refractivity (Wildman–Crippen MR) is 111 cm³/mol. The van der Waals surface area contributed by atoms with Gasteiger partial charge >= 0.3 is 0 Å². The highest BCUT2D eigenvalue weighted by Crippen LogP contribution is 2.26. The molecule has 0 fully saturated rings. The van der Waals surface area contributed by atoms with E-state index in [1.54, 1.807) is 13.3 Å². The van der Waals surface area contributed by atoms with E-state index in [-0.39, 0.29) is 11.7 Å². The van der Waals surface area contributed by atoms with E-state index in [1.807, 2.05) is 60.7 Å². The summed E-state index contributed by atoms with van der Waals surface area (Å²) in [6.45, 7) is 0. The first-order valence-electron chi connectivity index (χ1n) is 8.60. The van der Waals surface area contributed by atoms with Gasteiger partial charge in [-0.3, -0.25) is 4.79 Å². The first-order valence-corrected chi connectivity index (χ1v) is 9.59. The van der Waals surface area contributed by atoms with E-state index >= 15 is 0 Å². The lowest BCUT2D eigenvalue weighted by Gasteiger charge is -2.08. The van der Waals surface area contributed by atoms with Crippen LogP contribution in [0.2, 0.25) is 0 Å². The Morgan fingerprint density at radius 1 is 1.18 bits per heavy atom. The molecule has 0 aliphatic heterocycles. The van der Waals surface area contributed by atoms with Crippen LogP contribution in [0.1, 0.15) is 5.56 Å². The van der Waals surface area contributed by atoms with E-state index in [9.17, 15) is 4.79 Å². The number of nitrogens with one attached hydrogen (secondary N) is 1. The van der Waals surface area contributed by atoms with Crippen LogP contribution in [0.5, 0.6) is 5.75 Å². The van der Waals surface area contributed by atoms with E-state index < -0.39 is 0 Å². The zero-order valence-electron chi connectivity index (χ0n) is 15.1. The number of amides is 1. The highest BCUT2D eigenvalue weighted by Gasteiger charge is 2.09. The van der Waals surface area contributed by atoms with Crippen LogP contribution in [0, 0.1) is 0 Å². The molecule has 1 heterocycles. The second kappa shape index (κ2) is 8.14. The summed E-state index contributed by atoms with van der Waals surface area (Å²) in [5.41, 5.74) is 4.82. The van der Waals surface area contributed by atoms with E-state index in [2.05, 4.69) is 15.5 Å². The molecule has 1 aromatic heterocycles. The fraction of sp³-hybridized carbons (Fsp3) is 0.0952. The van der Waals surface area contributed by atoms with Gasteiger partial charge in [-0.05, 0) is 29.0 Å². The molecule has 0 radical (unpaired) electrons. The molecule has 7 heteroatoms. The molecule has 28 heavy (non-hydrogen) atoms. The number of para-hydroxylation sites is 2. The quantitative estimate of drug-likeness (QED) is 0.302. The maximum absolute atomic E-state index is 12.1. The summed E-state index contributed by atoms with van der Waals surface area (Å²) in [5.74, 6) is 0.594. The van der Waals surface area contributed by atoms with Crippen LogP contribution >= 0.6 is 11.8 Å². The zero-order chi connectivity index (χ0) is 19.3. The molecule has 4 aromatic rings. The summed E-state index contributed by atoms with van der Waals surface area (Å²) >= 11 is 1.22. The van der Waals surface area contributed by atoms with Gasteiger partial charge < -0.3 is 9.15 Å². The number of hydrazone groups is 1. The molecule has 0 bridgehead atoms. The van der Waals surface area contributed by atoms with Crippen LogP contribution < -0.4 is 10.2 Å². The lowest BCUT2D eigenvalue weighted by Crippen LogP contribution is -2.19. The second-order valence-corrected chi connectivity index (χ2v) is 6.86. The lowest BCUT2D eigenvalue weighted by atomic mass is 10.0. The number of hydrogen-bond acceptors (Lipinski definition) is 6. The number of oxazole rings is 1. The minimum absolute atomic E-state index is 0.150. The molecule has 3 aromatic carbocycles. The maximum Gasteiger partial charge on any atom is 0.257 e. The summed E-state index contributed by atoms with van der Waals surface area (Å²) in [7, 11) is 1.61. The molecule has 0 spiro atoms. The Morgan fingerprint density at radius 2 is 2.00 bits per heavy atom. The Labute approximate surface area is 165 Å². The maximum atomic E-state index is 12.1. The Kier molecular flexibility index (Phi) is 5.25. The number of methoxy groups -OCH3 is 1. The number of carbonyl (C=O) groups excluding carboxylic acids is 1. The molecule has 0 aliphatic rings. The second-order valence-electron chi connectivity index (χ2n) is 5.93. The van der Waals surface area contributed by atoms with Crippen LogP contribution in [0.15, 0.2) is 75.4 Å². The van der Waals surface area contributed by atoms with Crippen molar-refractivity contribution >= 4 is 45.8 Å². The highest BCUT2D eigenvalue weighted by atomic mass is 32.2. The van der Waals surface area contributed by atoms with Gasteiger partial charge in [0.15, 0.2) is 5.58 Å². The number of benzene rings is 3. The number of thioether (sulfide) groups is 1. The molecular weight excluding hydrogens is 374 g/mol. The molecule has 140 valence electrons. The van der Waals surface area contributed by atoms with Gasteiger partial charge in [-0.1, -0.05) is 54.2 Å². The minimum atomic E-state index is -0.247. The van der Waals surface area contributed by atoms with Gasteiger partial charge in [0.1, 0.15) is 11.3 Å². The van der Waals surface area contributed by atoms with Crippen molar-refractivity contribution in [2.75, 3.05) is 12.9 Å². The number of carbonyl (C=O) groups is 1. The number of rotatable bonds is 6. The third-order valence-corrected chi connectivity index (χ3v) is 4.96. The number of aromatic nitrogens is 1. The van der Waals surface area contributed by atoms with Crippen LogP contribution in [0.3, 0.4) is 0 Å². The van der Waals surface area contributed by atoms with Gasteiger partial charge in [-0.25, -0.2) is 10.4 Å². The smallest absolute Gasteiger partial charge is 0.257 e. The third-order valence-electron chi connectivity index (χ3n) is 4.13. The molecule has 0 saturated heterocycles. The average Bonchev–Trinajstić information content (AvgIpc) is 3.15. The first kappa shape index (κ1) is 18.1. The van der Waals surface area contributed by atoms with Gasteiger partial charge in [0.25, 0.3) is 11.1 Å². The average molecular weight is 391 g/mol. The number of hydrogen-bond donors (Lipinski definition) is 1. The van der Waals surface area contributed by atoms with Crippen molar-refractivity contribution in [3.8, 4) is 5.75 Å². The predicted octanol–water partition coefficient (Wildman–Crippen LogP) is 4.23. The van der Waals surface area contributed by atoms with Gasteiger partial charge in [-0.15, -0.1) is 0 Å². The summed E-state index contributed by atoms with van der Waals surface area (Å²) in [5, 5.41) is 6.61. The lowest BCUT2D eigenvalue weighted by molar-refractivity contribution is -0.118. The first-order chi connectivity index (χ1) is 13.7. The molecule has 0 saturated carbocycles. The third kappa shape index (κ3) is 3.84. The fourth-order valence-corrected chi connectivity index (χ4v) is 3.46. The van der Waals surface area contributed by atoms with E-state index in [0.29, 0.717) is 16.6 Å². The number of fused-ring (bicyclic) bond motifs is 2. The summed E-state index contributed by atoms with van der Waals surface area (Å²) in [6.07, 6.45) is 1.60. The molecule has 0 atom stereocenters.